The second-order valence-corrected chi connectivity index (χ2v) is 10.9. The third-order valence-electron chi connectivity index (χ3n) is 11.0. The van der Waals surface area contributed by atoms with E-state index in [-0.39, 0.29) is 0 Å². The molecule has 0 heterocycles. The molecule has 7 atom stereocenters. The van der Waals surface area contributed by atoms with Gasteiger partial charge >= 0.3 is 0 Å². The topological polar surface area (TPSA) is 0 Å². The van der Waals surface area contributed by atoms with E-state index in [1.807, 2.05) is 0 Å². The Labute approximate surface area is 157 Å². The first-order chi connectivity index (χ1) is 11.9. The fraction of sp³-hybridized carbons (Fsp3) is 0.920. The Morgan fingerprint density at radius 3 is 2.56 bits per heavy atom. The Balaban J connectivity index is 1.68. The minimum Gasteiger partial charge on any atom is -0.103 e. The van der Waals surface area contributed by atoms with E-state index >= 15 is 0 Å². The van der Waals surface area contributed by atoms with Crippen LogP contribution in [0.2, 0.25) is 0 Å². The van der Waals surface area contributed by atoms with Crippen LogP contribution in [0.5, 0.6) is 0 Å². The predicted octanol–water partition coefficient (Wildman–Crippen LogP) is 7.78. The summed E-state index contributed by atoms with van der Waals surface area (Å²) in [7, 11) is 0. The highest BCUT2D eigenvalue weighted by molar-refractivity contribution is 5.29. The van der Waals surface area contributed by atoms with Crippen molar-refractivity contribution in [2.75, 3.05) is 0 Å². The molecule has 0 aliphatic heterocycles. The van der Waals surface area contributed by atoms with Crippen molar-refractivity contribution in [1.29, 1.82) is 0 Å². The van der Waals surface area contributed by atoms with Gasteiger partial charge in [0.15, 0.2) is 0 Å². The van der Waals surface area contributed by atoms with Crippen molar-refractivity contribution in [3.05, 3.63) is 12.7 Å². The molecule has 0 N–H and O–H groups in total. The Morgan fingerprint density at radius 1 is 1.08 bits per heavy atom. The van der Waals surface area contributed by atoms with Crippen LogP contribution in [-0.2, 0) is 0 Å². The number of hydrogen-bond acceptors (Lipinski definition) is 0. The van der Waals surface area contributed by atoms with E-state index in [2.05, 4.69) is 40.3 Å². The lowest BCUT2D eigenvalue weighted by atomic mass is 9.21. The summed E-state index contributed by atoms with van der Waals surface area (Å²) >= 11 is 0. The van der Waals surface area contributed by atoms with Gasteiger partial charge in [0.05, 0.1) is 0 Å². The van der Waals surface area contributed by atoms with Gasteiger partial charge in [-0.15, -0.1) is 6.58 Å². The smallest absolute Gasteiger partial charge is 0.0176 e. The molecule has 5 fully saturated rings. The fourth-order valence-corrected chi connectivity index (χ4v) is 9.46. The van der Waals surface area contributed by atoms with Crippen molar-refractivity contribution >= 4 is 0 Å². The highest BCUT2D eigenvalue weighted by Gasteiger charge is 2.80. The maximum absolute atomic E-state index is 4.12. The van der Waals surface area contributed by atoms with Gasteiger partial charge in [-0.05, 0) is 104 Å². The van der Waals surface area contributed by atoms with Crippen molar-refractivity contribution in [2.24, 2.45) is 39.4 Å². The first kappa shape index (κ1) is 18.1. The van der Waals surface area contributed by atoms with Gasteiger partial charge in [-0.25, -0.2) is 0 Å². The molecule has 0 aromatic carbocycles. The molecule has 142 valence electrons. The minimum absolute atomic E-state index is 0.573. The van der Waals surface area contributed by atoms with Crippen molar-refractivity contribution in [1.82, 2.24) is 0 Å². The Bertz CT molecular complexity index is 534. The van der Waals surface area contributed by atoms with Crippen LogP contribution in [0.1, 0.15) is 105 Å². The molecule has 25 heavy (non-hydrogen) atoms. The lowest BCUT2D eigenvalue weighted by molar-refractivity contribution is -0.346. The number of allylic oxidation sites excluding steroid dienone is 1. The zero-order valence-corrected chi connectivity index (χ0v) is 17.5. The summed E-state index contributed by atoms with van der Waals surface area (Å²) in [5, 5.41) is 0. The SMILES string of the molecule is C=CC(CC)CCC1(C)C(CC)CCC2(C)C34CCCC3CC[C@]12C4. The molecule has 0 radical (unpaired) electrons. The maximum Gasteiger partial charge on any atom is -0.0176 e. The van der Waals surface area contributed by atoms with E-state index in [4.69, 9.17) is 0 Å². The van der Waals surface area contributed by atoms with Gasteiger partial charge in [0, 0.05) is 0 Å². The Morgan fingerprint density at radius 2 is 1.88 bits per heavy atom. The van der Waals surface area contributed by atoms with Gasteiger partial charge in [-0.1, -0.05) is 46.6 Å². The van der Waals surface area contributed by atoms with Gasteiger partial charge in [-0.3, -0.25) is 0 Å². The predicted molar refractivity (Wildman–Crippen MR) is 108 cm³/mol. The van der Waals surface area contributed by atoms with Crippen LogP contribution in [0.3, 0.4) is 0 Å². The van der Waals surface area contributed by atoms with Gasteiger partial charge < -0.3 is 0 Å². The Kier molecular flexibility index (Phi) is 4.25. The van der Waals surface area contributed by atoms with E-state index in [1.54, 1.807) is 32.1 Å². The van der Waals surface area contributed by atoms with Crippen LogP contribution >= 0.6 is 0 Å². The van der Waals surface area contributed by atoms with Crippen LogP contribution in [0.15, 0.2) is 12.7 Å². The summed E-state index contributed by atoms with van der Waals surface area (Å²) < 4.78 is 0. The molecule has 5 aliphatic carbocycles. The highest BCUT2D eigenvalue weighted by Crippen LogP contribution is 2.88. The van der Waals surface area contributed by atoms with E-state index in [0.29, 0.717) is 16.2 Å². The summed E-state index contributed by atoms with van der Waals surface area (Å²) in [6.07, 6.45) is 20.1. The molecule has 0 amide bonds. The van der Waals surface area contributed by atoms with E-state index in [1.165, 1.54) is 44.9 Å². The lowest BCUT2D eigenvalue weighted by Gasteiger charge is -2.83. The number of rotatable bonds is 6. The highest BCUT2D eigenvalue weighted by atomic mass is 14.8. The van der Waals surface area contributed by atoms with Crippen LogP contribution in [0.25, 0.3) is 0 Å². The summed E-state index contributed by atoms with van der Waals surface area (Å²) in [5.41, 5.74) is 2.66. The average molecular weight is 343 g/mol. The van der Waals surface area contributed by atoms with E-state index in [0.717, 1.165) is 23.2 Å². The molecule has 5 aliphatic rings. The molecule has 5 saturated carbocycles. The van der Waals surface area contributed by atoms with Crippen molar-refractivity contribution in [3.8, 4) is 0 Å². The second-order valence-electron chi connectivity index (χ2n) is 10.9. The van der Waals surface area contributed by atoms with Gasteiger partial charge in [-0.2, -0.15) is 0 Å². The molecule has 0 aromatic rings. The minimum atomic E-state index is 0.573. The Hall–Kier alpha value is -0.260. The van der Waals surface area contributed by atoms with E-state index < -0.39 is 0 Å². The zero-order chi connectivity index (χ0) is 17.9. The molecule has 5 rings (SSSR count). The molecule has 0 nitrogen and oxygen atoms in total. The number of hydrogen-bond donors (Lipinski definition) is 0. The molecular weight excluding hydrogens is 300 g/mol. The van der Waals surface area contributed by atoms with Crippen LogP contribution in [0, 0.1) is 39.4 Å². The molecular formula is C25H42. The largest absolute Gasteiger partial charge is 0.103 e. The monoisotopic (exact) mass is 342 g/mol. The van der Waals surface area contributed by atoms with Gasteiger partial charge in [0.25, 0.3) is 0 Å². The third kappa shape index (κ3) is 1.96. The second kappa shape index (κ2) is 5.87. The molecule has 2 spiro atoms. The van der Waals surface area contributed by atoms with Gasteiger partial charge in [0.1, 0.15) is 0 Å². The molecule has 6 unspecified atom stereocenters. The fourth-order valence-electron chi connectivity index (χ4n) is 9.46. The molecule has 0 aromatic heterocycles. The standard InChI is InChI=1S/C25H42/c1-6-19(7-2)11-15-22(4)20(8-3)12-16-23(5)24-14-9-10-21(24)13-17-25(22,23)18-24/h6,19-21H,1,7-18H2,2-5H3/t19?,20?,21?,22?,23?,24?,25-/m0/s1. The molecule has 0 heteroatoms. The zero-order valence-electron chi connectivity index (χ0n) is 17.5. The van der Waals surface area contributed by atoms with E-state index in [9.17, 15) is 0 Å². The summed E-state index contributed by atoms with van der Waals surface area (Å²) in [6, 6.07) is 0. The first-order valence-corrected chi connectivity index (χ1v) is 11.6. The number of fused-ring (bicyclic) bond motifs is 1. The van der Waals surface area contributed by atoms with Crippen molar-refractivity contribution < 1.29 is 0 Å². The normalized spacial score (nSPS) is 52.0. The maximum atomic E-state index is 4.12. The summed E-state index contributed by atoms with van der Waals surface area (Å²) in [5.74, 6) is 2.77. The quantitative estimate of drug-likeness (QED) is 0.432. The van der Waals surface area contributed by atoms with Gasteiger partial charge in [0.2, 0.25) is 0 Å². The van der Waals surface area contributed by atoms with Crippen molar-refractivity contribution in [3.63, 3.8) is 0 Å². The summed E-state index contributed by atoms with van der Waals surface area (Å²) in [6.45, 7) is 14.5. The third-order valence-corrected chi connectivity index (χ3v) is 11.0. The summed E-state index contributed by atoms with van der Waals surface area (Å²) in [4.78, 5) is 0. The molecule has 0 saturated heterocycles. The van der Waals surface area contributed by atoms with Crippen LogP contribution in [0.4, 0.5) is 0 Å². The lowest BCUT2D eigenvalue weighted by Crippen LogP contribution is -2.76. The molecule has 2 bridgehead atoms. The average Bonchev–Trinajstić information content (AvgIpc) is 3.08. The van der Waals surface area contributed by atoms with Crippen molar-refractivity contribution in [2.45, 2.75) is 105 Å². The first-order valence-electron chi connectivity index (χ1n) is 11.6. The van der Waals surface area contributed by atoms with Crippen LogP contribution < -0.4 is 0 Å². The van der Waals surface area contributed by atoms with Crippen LogP contribution in [-0.4, -0.2) is 0 Å².